The quantitative estimate of drug-likeness (QED) is 0.838. The second-order valence-corrected chi connectivity index (χ2v) is 4.27. The van der Waals surface area contributed by atoms with Crippen molar-refractivity contribution in [3.05, 3.63) is 42.2 Å². The van der Waals surface area contributed by atoms with E-state index < -0.39 is 11.9 Å². The highest BCUT2D eigenvalue weighted by Crippen LogP contribution is 2.21. The van der Waals surface area contributed by atoms with E-state index in [-0.39, 0.29) is 12.2 Å². The number of Topliss-reactive ketones (excluding diaryl/α,β-unsaturated/α-hetero) is 1. The number of carboxylic acid groups (broad SMARTS) is 1. The molecule has 0 amide bonds. The first-order valence-corrected chi connectivity index (χ1v) is 5.68. The fraction of sp³-hybridized carbons (Fsp3) is 0.214. The van der Waals surface area contributed by atoms with Gasteiger partial charge in [-0.1, -0.05) is 31.2 Å². The molecule has 4 nitrogen and oxygen atoms in total. The fourth-order valence-corrected chi connectivity index (χ4v) is 1.93. The van der Waals surface area contributed by atoms with Crippen molar-refractivity contribution < 1.29 is 14.7 Å². The van der Waals surface area contributed by atoms with Gasteiger partial charge in [-0.15, -0.1) is 0 Å². The van der Waals surface area contributed by atoms with Gasteiger partial charge in [0.1, 0.15) is 0 Å². The average Bonchev–Trinajstić information content (AvgIpc) is 2.36. The third-order valence-corrected chi connectivity index (χ3v) is 2.86. The van der Waals surface area contributed by atoms with Gasteiger partial charge in [-0.05, 0) is 5.39 Å². The van der Waals surface area contributed by atoms with Gasteiger partial charge in [-0.3, -0.25) is 14.6 Å². The molecular formula is C14H13NO3. The molecule has 1 N–H and O–H groups in total. The lowest BCUT2D eigenvalue weighted by molar-refractivity contribution is -0.137. The van der Waals surface area contributed by atoms with Crippen molar-refractivity contribution in [2.75, 3.05) is 0 Å². The van der Waals surface area contributed by atoms with Gasteiger partial charge in [-0.25, -0.2) is 0 Å². The predicted octanol–water partition coefficient (Wildman–Crippen LogP) is 2.53. The van der Waals surface area contributed by atoms with Crippen molar-refractivity contribution >= 4 is 22.5 Å². The summed E-state index contributed by atoms with van der Waals surface area (Å²) in [6, 6.07) is 7.44. The highest BCUT2D eigenvalue weighted by molar-refractivity contribution is 6.09. The van der Waals surface area contributed by atoms with Crippen molar-refractivity contribution in [2.45, 2.75) is 13.3 Å². The number of fused-ring (bicyclic) bond motifs is 1. The van der Waals surface area contributed by atoms with Crippen molar-refractivity contribution in [2.24, 2.45) is 5.92 Å². The van der Waals surface area contributed by atoms with Crippen LogP contribution in [0.5, 0.6) is 0 Å². The van der Waals surface area contributed by atoms with Crippen molar-refractivity contribution in [1.29, 1.82) is 0 Å². The van der Waals surface area contributed by atoms with Gasteiger partial charge >= 0.3 is 5.97 Å². The van der Waals surface area contributed by atoms with E-state index >= 15 is 0 Å². The number of benzene rings is 1. The second kappa shape index (κ2) is 4.96. The van der Waals surface area contributed by atoms with E-state index in [1.54, 1.807) is 13.1 Å². The molecule has 4 heteroatoms. The van der Waals surface area contributed by atoms with E-state index in [1.165, 1.54) is 6.20 Å². The molecule has 1 atom stereocenters. The molecule has 2 aromatic rings. The Balaban J connectivity index is 2.42. The topological polar surface area (TPSA) is 67.3 Å². The van der Waals surface area contributed by atoms with E-state index in [2.05, 4.69) is 4.98 Å². The summed E-state index contributed by atoms with van der Waals surface area (Å²) in [4.78, 5) is 26.9. The van der Waals surface area contributed by atoms with Crippen LogP contribution in [-0.2, 0) is 4.79 Å². The molecule has 0 saturated carbocycles. The minimum atomic E-state index is -0.968. The van der Waals surface area contributed by atoms with Crippen LogP contribution in [0.3, 0.4) is 0 Å². The summed E-state index contributed by atoms with van der Waals surface area (Å²) in [5.41, 5.74) is 0.488. The van der Waals surface area contributed by atoms with Gasteiger partial charge in [0.05, 0.1) is 6.42 Å². The van der Waals surface area contributed by atoms with Crippen LogP contribution >= 0.6 is 0 Å². The van der Waals surface area contributed by atoms with E-state index in [0.29, 0.717) is 5.56 Å². The van der Waals surface area contributed by atoms with Crippen LogP contribution in [0.25, 0.3) is 10.8 Å². The molecular weight excluding hydrogens is 230 g/mol. The molecule has 1 aromatic carbocycles. The molecule has 0 bridgehead atoms. The zero-order valence-electron chi connectivity index (χ0n) is 9.96. The predicted molar refractivity (Wildman–Crippen MR) is 67.5 cm³/mol. The molecule has 0 spiro atoms. The zero-order chi connectivity index (χ0) is 13.1. The lowest BCUT2D eigenvalue weighted by Crippen LogP contribution is -2.16. The van der Waals surface area contributed by atoms with Crippen LogP contribution in [0.1, 0.15) is 23.7 Å². The van der Waals surface area contributed by atoms with E-state index in [9.17, 15) is 9.59 Å². The van der Waals surface area contributed by atoms with Crippen LogP contribution in [-0.4, -0.2) is 21.8 Å². The number of carbonyl (C=O) groups excluding carboxylic acids is 1. The zero-order valence-corrected chi connectivity index (χ0v) is 9.96. The Kier molecular flexibility index (Phi) is 3.37. The Hall–Kier alpha value is -2.23. The van der Waals surface area contributed by atoms with Crippen LogP contribution in [0.2, 0.25) is 0 Å². The van der Waals surface area contributed by atoms with E-state index in [4.69, 9.17) is 5.11 Å². The molecule has 1 heterocycles. The number of hydrogen-bond acceptors (Lipinski definition) is 3. The number of nitrogens with zero attached hydrogens (tertiary/aromatic N) is 1. The van der Waals surface area contributed by atoms with Crippen molar-refractivity contribution in [3.8, 4) is 0 Å². The van der Waals surface area contributed by atoms with Crippen LogP contribution in [0.15, 0.2) is 36.7 Å². The normalized spacial score (nSPS) is 12.3. The molecule has 0 saturated heterocycles. The molecule has 0 radical (unpaired) electrons. The smallest absolute Gasteiger partial charge is 0.304 e. The van der Waals surface area contributed by atoms with Crippen molar-refractivity contribution in [1.82, 2.24) is 4.98 Å². The highest BCUT2D eigenvalue weighted by Gasteiger charge is 2.20. The molecule has 0 fully saturated rings. The molecule has 0 aliphatic carbocycles. The maximum absolute atomic E-state index is 12.2. The summed E-state index contributed by atoms with van der Waals surface area (Å²) in [7, 11) is 0. The van der Waals surface area contributed by atoms with Gasteiger partial charge in [-0.2, -0.15) is 0 Å². The van der Waals surface area contributed by atoms with Crippen molar-refractivity contribution in [3.63, 3.8) is 0 Å². The largest absolute Gasteiger partial charge is 0.481 e. The number of ketones is 1. The monoisotopic (exact) mass is 243 g/mol. The highest BCUT2D eigenvalue weighted by atomic mass is 16.4. The number of aromatic nitrogens is 1. The number of aliphatic carboxylic acids is 1. The maximum atomic E-state index is 12.2. The lowest BCUT2D eigenvalue weighted by Gasteiger charge is -2.09. The standard InChI is InChI=1S/C14H13NO3/c1-9(6-13(16)17)14(18)12-8-15-7-10-4-2-3-5-11(10)12/h2-5,7-9H,6H2,1H3,(H,16,17). The minimum Gasteiger partial charge on any atom is -0.481 e. The second-order valence-electron chi connectivity index (χ2n) is 4.27. The first-order valence-electron chi connectivity index (χ1n) is 5.68. The molecule has 18 heavy (non-hydrogen) atoms. The Morgan fingerprint density at radius 2 is 2.00 bits per heavy atom. The molecule has 1 unspecified atom stereocenters. The number of rotatable bonds is 4. The third kappa shape index (κ3) is 2.37. The van der Waals surface area contributed by atoms with Crippen LogP contribution < -0.4 is 0 Å². The van der Waals surface area contributed by atoms with Gasteiger partial charge in [0.2, 0.25) is 0 Å². The van der Waals surface area contributed by atoms with E-state index in [1.807, 2.05) is 24.3 Å². The number of hydrogen-bond donors (Lipinski definition) is 1. The summed E-state index contributed by atoms with van der Waals surface area (Å²) < 4.78 is 0. The Morgan fingerprint density at radius 3 is 2.72 bits per heavy atom. The molecule has 92 valence electrons. The minimum absolute atomic E-state index is 0.165. The average molecular weight is 243 g/mol. The number of carboxylic acids is 1. The number of carbonyl (C=O) groups is 2. The Labute approximate surface area is 104 Å². The van der Waals surface area contributed by atoms with Crippen LogP contribution in [0, 0.1) is 5.92 Å². The molecule has 0 aliphatic heterocycles. The summed E-state index contributed by atoms with van der Waals surface area (Å²) in [6.07, 6.45) is 3.03. The van der Waals surface area contributed by atoms with Gasteiger partial charge in [0, 0.05) is 29.3 Å². The SMILES string of the molecule is CC(CC(=O)O)C(=O)c1cncc2ccccc12. The Bertz CT molecular complexity index is 602. The number of pyridine rings is 1. The Morgan fingerprint density at radius 1 is 1.28 bits per heavy atom. The summed E-state index contributed by atoms with van der Waals surface area (Å²) in [5, 5.41) is 10.4. The maximum Gasteiger partial charge on any atom is 0.304 e. The van der Waals surface area contributed by atoms with Gasteiger partial charge in [0.25, 0.3) is 0 Å². The molecule has 2 rings (SSSR count). The first kappa shape index (κ1) is 12.2. The lowest BCUT2D eigenvalue weighted by atomic mass is 9.94. The third-order valence-electron chi connectivity index (χ3n) is 2.86. The van der Waals surface area contributed by atoms with E-state index in [0.717, 1.165) is 10.8 Å². The fourth-order valence-electron chi connectivity index (χ4n) is 1.93. The van der Waals surface area contributed by atoms with Gasteiger partial charge in [0.15, 0.2) is 5.78 Å². The molecule has 0 aliphatic rings. The van der Waals surface area contributed by atoms with Gasteiger partial charge < -0.3 is 5.11 Å². The summed E-state index contributed by atoms with van der Waals surface area (Å²) in [6.45, 7) is 1.62. The summed E-state index contributed by atoms with van der Waals surface area (Å²) >= 11 is 0. The summed E-state index contributed by atoms with van der Waals surface area (Å²) in [5.74, 6) is -1.69. The molecule has 1 aromatic heterocycles. The van der Waals surface area contributed by atoms with Crippen LogP contribution in [0.4, 0.5) is 0 Å². The first-order chi connectivity index (χ1) is 8.59.